The Bertz CT molecular complexity index is 487. The minimum absolute atomic E-state index is 0.0667. The van der Waals surface area contributed by atoms with Crippen LogP contribution in [-0.4, -0.2) is 44.9 Å². The lowest BCUT2D eigenvalue weighted by molar-refractivity contribution is -0.130. The highest BCUT2D eigenvalue weighted by Crippen LogP contribution is 2.13. The van der Waals surface area contributed by atoms with Crippen molar-refractivity contribution in [3.63, 3.8) is 0 Å². The summed E-state index contributed by atoms with van der Waals surface area (Å²) in [4.78, 5) is 22.4. The average molecular weight is 279 g/mol. The standard InChI is InChI=1S/C12H17N5OS/c1-8(12(18)17-6-2-3-7-17)16-11-9(10(13)19)14-4-5-15-11/h4-5,8H,2-3,6-7H2,1H3,(H2,13,19)(H,15,16). The highest BCUT2D eigenvalue weighted by molar-refractivity contribution is 7.80. The van der Waals surface area contributed by atoms with Crippen molar-refractivity contribution in [3.8, 4) is 0 Å². The first kappa shape index (κ1) is 13.7. The van der Waals surface area contributed by atoms with Crippen molar-refractivity contribution in [2.75, 3.05) is 18.4 Å². The third-order valence-electron chi connectivity index (χ3n) is 3.07. The maximum Gasteiger partial charge on any atom is 0.244 e. The second kappa shape index (κ2) is 5.92. The average Bonchev–Trinajstić information content (AvgIpc) is 2.92. The lowest BCUT2D eigenvalue weighted by atomic mass is 10.2. The first-order valence-corrected chi connectivity index (χ1v) is 6.66. The molecular formula is C12H17N5OS. The zero-order chi connectivity index (χ0) is 13.8. The maximum atomic E-state index is 12.2. The first-order valence-electron chi connectivity index (χ1n) is 6.25. The molecule has 0 radical (unpaired) electrons. The van der Waals surface area contributed by atoms with E-state index in [2.05, 4.69) is 15.3 Å². The Morgan fingerprint density at radius 1 is 1.42 bits per heavy atom. The van der Waals surface area contributed by atoms with Gasteiger partial charge < -0.3 is 16.0 Å². The van der Waals surface area contributed by atoms with Crippen molar-refractivity contribution in [1.29, 1.82) is 0 Å². The van der Waals surface area contributed by atoms with Gasteiger partial charge in [-0.3, -0.25) is 4.79 Å². The minimum Gasteiger partial charge on any atom is -0.388 e. The van der Waals surface area contributed by atoms with Crippen molar-refractivity contribution in [2.24, 2.45) is 5.73 Å². The Kier molecular flexibility index (Phi) is 4.26. The van der Waals surface area contributed by atoms with E-state index in [1.54, 1.807) is 6.92 Å². The molecule has 1 aliphatic heterocycles. The fourth-order valence-corrected chi connectivity index (χ4v) is 2.25. The van der Waals surface area contributed by atoms with Gasteiger partial charge in [0.15, 0.2) is 5.82 Å². The van der Waals surface area contributed by atoms with Crippen LogP contribution in [0.1, 0.15) is 25.5 Å². The van der Waals surface area contributed by atoms with Crippen LogP contribution in [0, 0.1) is 0 Å². The summed E-state index contributed by atoms with van der Waals surface area (Å²) in [7, 11) is 0. The Morgan fingerprint density at radius 2 is 2.05 bits per heavy atom. The number of nitrogens with two attached hydrogens (primary N) is 1. The molecule has 1 atom stereocenters. The second-order valence-electron chi connectivity index (χ2n) is 4.52. The number of likely N-dealkylation sites (tertiary alicyclic amines) is 1. The Morgan fingerprint density at radius 3 is 2.68 bits per heavy atom. The van der Waals surface area contributed by atoms with Crippen LogP contribution >= 0.6 is 12.2 Å². The summed E-state index contributed by atoms with van der Waals surface area (Å²) in [6.07, 6.45) is 5.20. The molecule has 3 N–H and O–H groups in total. The third-order valence-corrected chi connectivity index (χ3v) is 3.27. The van der Waals surface area contributed by atoms with Crippen molar-refractivity contribution in [3.05, 3.63) is 18.1 Å². The van der Waals surface area contributed by atoms with Gasteiger partial charge in [0.25, 0.3) is 0 Å². The molecule has 1 unspecified atom stereocenters. The number of carbonyl (C=O) groups is 1. The number of hydrogen-bond donors (Lipinski definition) is 2. The van der Waals surface area contributed by atoms with E-state index in [1.165, 1.54) is 12.4 Å². The number of amides is 1. The number of nitrogens with one attached hydrogen (secondary N) is 1. The van der Waals surface area contributed by atoms with Crippen molar-refractivity contribution < 1.29 is 4.79 Å². The Balaban J connectivity index is 2.08. The fourth-order valence-electron chi connectivity index (χ4n) is 2.10. The lowest BCUT2D eigenvalue weighted by Gasteiger charge is -2.22. The van der Waals surface area contributed by atoms with Gasteiger partial charge in [0, 0.05) is 25.5 Å². The van der Waals surface area contributed by atoms with Crippen LogP contribution < -0.4 is 11.1 Å². The van der Waals surface area contributed by atoms with Crippen LogP contribution in [-0.2, 0) is 4.79 Å². The molecular weight excluding hydrogens is 262 g/mol. The Labute approximate surface area is 117 Å². The van der Waals surface area contributed by atoms with Gasteiger partial charge in [-0.05, 0) is 19.8 Å². The van der Waals surface area contributed by atoms with Gasteiger partial charge in [0.2, 0.25) is 5.91 Å². The van der Waals surface area contributed by atoms with Crippen molar-refractivity contribution in [2.45, 2.75) is 25.8 Å². The van der Waals surface area contributed by atoms with E-state index in [0.29, 0.717) is 11.5 Å². The van der Waals surface area contributed by atoms with Crippen LogP contribution in [0.4, 0.5) is 5.82 Å². The normalized spacial score (nSPS) is 16.2. The van der Waals surface area contributed by atoms with Crippen LogP contribution in [0.2, 0.25) is 0 Å². The van der Waals surface area contributed by atoms with E-state index in [9.17, 15) is 4.79 Å². The smallest absolute Gasteiger partial charge is 0.244 e. The number of anilines is 1. The zero-order valence-electron chi connectivity index (χ0n) is 10.8. The van der Waals surface area contributed by atoms with Crippen molar-refractivity contribution in [1.82, 2.24) is 14.9 Å². The molecule has 0 aliphatic carbocycles. The van der Waals surface area contributed by atoms with E-state index in [0.717, 1.165) is 25.9 Å². The molecule has 0 saturated carbocycles. The molecule has 102 valence electrons. The topological polar surface area (TPSA) is 84.1 Å². The van der Waals surface area contributed by atoms with Gasteiger partial charge in [-0.15, -0.1) is 0 Å². The van der Waals surface area contributed by atoms with Gasteiger partial charge in [0.05, 0.1) is 0 Å². The zero-order valence-corrected chi connectivity index (χ0v) is 11.6. The summed E-state index contributed by atoms with van der Waals surface area (Å²) in [5.74, 6) is 0.520. The summed E-state index contributed by atoms with van der Waals surface area (Å²) in [5.41, 5.74) is 6.00. The molecule has 6 nitrogen and oxygen atoms in total. The third kappa shape index (κ3) is 3.17. The summed E-state index contributed by atoms with van der Waals surface area (Å²) >= 11 is 4.92. The molecule has 7 heteroatoms. The van der Waals surface area contributed by atoms with Gasteiger partial charge in [-0.2, -0.15) is 0 Å². The predicted octanol–water partition coefficient (Wildman–Crippen LogP) is 0.534. The first-order chi connectivity index (χ1) is 9.09. The second-order valence-corrected chi connectivity index (χ2v) is 4.96. The van der Waals surface area contributed by atoms with Crippen LogP contribution in [0.15, 0.2) is 12.4 Å². The molecule has 1 saturated heterocycles. The molecule has 0 bridgehead atoms. The van der Waals surface area contributed by atoms with E-state index in [1.807, 2.05) is 4.90 Å². The molecule has 2 rings (SSSR count). The number of rotatable bonds is 4. The highest BCUT2D eigenvalue weighted by atomic mass is 32.1. The molecule has 0 aromatic carbocycles. The van der Waals surface area contributed by atoms with Gasteiger partial charge in [-0.1, -0.05) is 12.2 Å². The minimum atomic E-state index is -0.372. The number of thiocarbonyl (C=S) groups is 1. The number of hydrogen-bond acceptors (Lipinski definition) is 5. The van der Waals surface area contributed by atoms with E-state index >= 15 is 0 Å². The monoisotopic (exact) mass is 279 g/mol. The summed E-state index contributed by atoms with van der Waals surface area (Å²) in [5, 5.41) is 3.04. The van der Waals surface area contributed by atoms with Crippen LogP contribution in [0.3, 0.4) is 0 Å². The molecule has 1 fully saturated rings. The molecule has 2 heterocycles. The Hall–Kier alpha value is -1.76. The quantitative estimate of drug-likeness (QED) is 0.782. The molecule has 1 amide bonds. The number of nitrogens with zero attached hydrogens (tertiary/aromatic N) is 3. The summed E-state index contributed by atoms with van der Waals surface area (Å²) in [6, 6.07) is -0.372. The maximum absolute atomic E-state index is 12.2. The lowest BCUT2D eigenvalue weighted by Crippen LogP contribution is -2.40. The number of aromatic nitrogens is 2. The van der Waals surface area contributed by atoms with Gasteiger partial charge >= 0.3 is 0 Å². The molecule has 1 aromatic rings. The van der Waals surface area contributed by atoms with Gasteiger partial charge in [-0.25, -0.2) is 9.97 Å². The number of carbonyl (C=O) groups excluding carboxylic acids is 1. The fraction of sp³-hybridized carbons (Fsp3) is 0.500. The summed E-state index contributed by atoms with van der Waals surface area (Å²) < 4.78 is 0. The van der Waals surface area contributed by atoms with Crippen LogP contribution in [0.25, 0.3) is 0 Å². The van der Waals surface area contributed by atoms with Crippen LogP contribution in [0.5, 0.6) is 0 Å². The van der Waals surface area contributed by atoms with Gasteiger partial charge in [0.1, 0.15) is 16.7 Å². The van der Waals surface area contributed by atoms with E-state index in [-0.39, 0.29) is 16.9 Å². The van der Waals surface area contributed by atoms with E-state index < -0.39 is 0 Å². The molecule has 1 aliphatic rings. The van der Waals surface area contributed by atoms with E-state index in [4.69, 9.17) is 18.0 Å². The summed E-state index contributed by atoms with van der Waals surface area (Å²) in [6.45, 7) is 3.46. The highest BCUT2D eigenvalue weighted by Gasteiger charge is 2.24. The van der Waals surface area contributed by atoms with Crippen molar-refractivity contribution >= 4 is 28.9 Å². The molecule has 1 aromatic heterocycles. The molecule has 0 spiro atoms. The predicted molar refractivity (Wildman–Crippen MR) is 76.8 cm³/mol. The largest absolute Gasteiger partial charge is 0.388 e. The SMILES string of the molecule is CC(Nc1nccnc1C(N)=S)C(=O)N1CCCC1. The molecule has 19 heavy (non-hydrogen) atoms.